The summed E-state index contributed by atoms with van der Waals surface area (Å²) in [7, 11) is 0. The Bertz CT molecular complexity index is 101. The summed E-state index contributed by atoms with van der Waals surface area (Å²) in [6.07, 6.45) is 0.514. The number of halogens is 1. The summed E-state index contributed by atoms with van der Waals surface area (Å²) < 4.78 is 0. The van der Waals surface area contributed by atoms with Gasteiger partial charge in [0.2, 0.25) is 0 Å². The highest BCUT2D eigenvalue weighted by Gasteiger charge is 2.02. The Balaban J connectivity index is 0.000000360. The van der Waals surface area contributed by atoms with Gasteiger partial charge in [-0.3, -0.25) is 4.79 Å². The molecule has 0 saturated carbocycles. The standard InChI is InChI=1S/C3H4N2O.ClH/c6-3-1-2-4-5-3;/h1-2H2;1H. The van der Waals surface area contributed by atoms with Gasteiger partial charge in [-0.2, -0.15) is 5.11 Å². The molecule has 0 unspecified atom stereocenters. The molecule has 0 saturated heterocycles. The smallest absolute Gasteiger partial charge is 0.266 e. The first-order chi connectivity index (χ1) is 2.89. The quantitative estimate of drug-likeness (QED) is 0.466. The van der Waals surface area contributed by atoms with Gasteiger partial charge < -0.3 is 0 Å². The molecule has 0 aromatic carbocycles. The van der Waals surface area contributed by atoms with E-state index in [1.54, 1.807) is 0 Å². The molecular formula is C3H5ClN2O. The minimum atomic E-state index is -0.0880. The Labute approximate surface area is 47.2 Å². The van der Waals surface area contributed by atoms with Crippen LogP contribution in [0.15, 0.2) is 10.2 Å². The van der Waals surface area contributed by atoms with Crippen LogP contribution < -0.4 is 0 Å². The van der Waals surface area contributed by atoms with E-state index >= 15 is 0 Å². The number of rotatable bonds is 0. The van der Waals surface area contributed by atoms with E-state index in [9.17, 15) is 4.79 Å². The summed E-state index contributed by atoms with van der Waals surface area (Å²) in [5, 5.41) is 6.66. The summed E-state index contributed by atoms with van der Waals surface area (Å²) in [6.45, 7) is 0.596. The van der Waals surface area contributed by atoms with Gasteiger partial charge in [-0.15, -0.1) is 17.5 Å². The molecule has 1 rings (SSSR count). The third kappa shape index (κ3) is 1.64. The van der Waals surface area contributed by atoms with Crippen molar-refractivity contribution in [2.24, 2.45) is 10.2 Å². The van der Waals surface area contributed by atoms with Crippen LogP contribution in [-0.2, 0) is 4.79 Å². The van der Waals surface area contributed by atoms with E-state index in [1.807, 2.05) is 0 Å². The van der Waals surface area contributed by atoms with Crippen molar-refractivity contribution >= 4 is 18.3 Å². The van der Waals surface area contributed by atoms with Gasteiger partial charge in [0.15, 0.2) is 0 Å². The maximum atomic E-state index is 9.98. The van der Waals surface area contributed by atoms with E-state index in [1.165, 1.54) is 0 Å². The predicted molar refractivity (Wildman–Crippen MR) is 26.6 cm³/mol. The lowest BCUT2D eigenvalue weighted by atomic mass is 10.4. The Morgan fingerprint density at radius 3 is 2.43 bits per heavy atom. The van der Waals surface area contributed by atoms with Crippen LogP contribution in [0.25, 0.3) is 0 Å². The van der Waals surface area contributed by atoms with Crippen molar-refractivity contribution in [3.05, 3.63) is 0 Å². The highest BCUT2D eigenvalue weighted by molar-refractivity contribution is 5.85. The highest BCUT2D eigenvalue weighted by Crippen LogP contribution is 1.95. The normalized spacial score (nSPS) is 16.9. The minimum absolute atomic E-state index is 0. The molecule has 0 radical (unpaired) electrons. The molecule has 0 spiro atoms. The Morgan fingerprint density at radius 1 is 1.57 bits per heavy atom. The molecule has 1 aliphatic heterocycles. The third-order valence-corrected chi connectivity index (χ3v) is 0.608. The topological polar surface area (TPSA) is 41.8 Å². The van der Waals surface area contributed by atoms with Crippen molar-refractivity contribution in [2.45, 2.75) is 6.42 Å². The van der Waals surface area contributed by atoms with Crippen molar-refractivity contribution in [3.8, 4) is 0 Å². The van der Waals surface area contributed by atoms with Gasteiger partial charge in [0.1, 0.15) is 0 Å². The van der Waals surface area contributed by atoms with Crippen LogP contribution in [0.5, 0.6) is 0 Å². The van der Waals surface area contributed by atoms with E-state index in [0.717, 1.165) is 0 Å². The molecule has 4 heteroatoms. The zero-order chi connectivity index (χ0) is 4.41. The van der Waals surface area contributed by atoms with Crippen LogP contribution in [0.3, 0.4) is 0 Å². The van der Waals surface area contributed by atoms with Crippen LogP contribution in [-0.4, -0.2) is 12.5 Å². The number of carbonyl (C=O) groups excluding carboxylic acids is 1. The number of nitrogens with zero attached hydrogens (tertiary/aromatic N) is 2. The number of azo groups is 1. The first-order valence-corrected chi connectivity index (χ1v) is 1.80. The molecule has 0 fully saturated rings. The SMILES string of the molecule is Cl.O=C1CCN=N1. The average molecular weight is 121 g/mol. The van der Waals surface area contributed by atoms with Crippen LogP contribution in [0.1, 0.15) is 6.42 Å². The summed E-state index contributed by atoms with van der Waals surface area (Å²) in [4.78, 5) is 9.98. The molecule has 0 aromatic rings. The van der Waals surface area contributed by atoms with E-state index in [0.29, 0.717) is 13.0 Å². The Hall–Kier alpha value is -0.440. The van der Waals surface area contributed by atoms with Crippen molar-refractivity contribution < 1.29 is 4.79 Å². The van der Waals surface area contributed by atoms with E-state index < -0.39 is 0 Å². The number of amides is 1. The zero-order valence-corrected chi connectivity index (χ0v) is 4.44. The van der Waals surface area contributed by atoms with E-state index in [-0.39, 0.29) is 18.3 Å². The summed E-state index contributed by atoms with van der Waals surface area (Å²) >= 11 is 0. The lowest BCUT2D eigenvalue weighted by Crippen LogP contribution is -1.83. The monoisotopic (exact) mass is 120 g/mol. The molecule has 3 nitrogen and oxygen atoms in total. The second-order valence-electron chi connectivity index (χ2n) is 1.11. The van der Waals surface area contributed by atoms with Gasteiger partial charge in [-0.1, -0.05) is 0 Å². The van der Waals surface area contributed by atoms with Gasteiger partial charge in [-0.25, -0.2) is 0 Å². The first-order valence-electron chi connectivity index (χ1n) is 1.80. The van der Waals surface area contributed by atoms with Crippen molar-refractivity contribution in [2.75, 3.05) is 6.54 Å². The predicted octanol–water partition coefficient (Wildman–Crippen LogP) is 0.791. The van der Waals surface area contributed by atoms with Crippen molar-refractivity contribution in [3.63, 3.8) is 0 Å². The van der Waals surface area contributed by atoms with Crippen LogP contribution in [0.2, 0.25) is 0 Å². The van der Waals surface area contributed by atoms with Gasteiger partial charge in [0.05, 0.1) is 13.0 Å². The lowest BCUT2D eigenvalue weighted by molar-refractivity contribution is -0.117. The zero-order valence-electron chi connectivity index (χ0n) is 3.63. The Morgan fingerprint density at radius 2 is 2.29 bits per heavy atom. The first kappa shape index (κ1) is 6.56. The molecule has 7 heavy (non-hydrogen) atoms. The third-order valence-electron chi connectivity index (χ3n) is 0.608. The molecule has 0 bridgehead atoms. The molecule has 1 aliphatic rings. The second kappa shape index (κ2) is 2.69. The molecule has 1 heterocycles. The maximum absolute atomic E-state index is 9.98. The molecule has 0 aliphatic carbocycles. The average Bonchev–Trinajstić information content (AvgIpc) is 1.86. The number of hydrogen-bond acceptors (Lipinski definition) is 2. The fourth-order valence-corrected chi connectivity index (χ4v) is 0.325. The maximum Gasteiger partial charge on any atom is 0.266 e. The fraction of sp³-hybridized carbons (Fsp3) is 0.667. The fourth-order valence-electron chi connectivity index (χ4n) is 0.325. The highest BCUT2D eigenvalue weighted by atomic mass is 35.5. The summed E-state index contributed by atoms with van der Waals surface area (Å²) in [5.41, 5.74) is 0. The largest absolute Gasteiger partial charge is 0.271 e. The van der Waals surface area contributed by atoms with Gasteiger partial charge in [0, 0.05) is 0 Å². The summed E-state index contributed by atoms with van der Waals surface area (Å²) in [6, 6.07) is 0. The number of carbonyl (C=O) groups is 1. The molecule has 0 atom stereocenters. The lowest BCUT2D eigenvalue weighted by Gasteiger charge is -1.65. The summed E-state index contributed by atoms with van der Waals surface area (Å²) in [5.74, 6) is -0.0880. The van der Waals surface area contributed by atoms with Crippen LogP contribution in [0.4, 0.5) is 0 Å². The van der Waals surface area contributed by atoms with Crippen molar-refractivity contribution in [1.82, 2.24) is 0 Å². The number of hydrogen-bond donors (Lipinski definition) is 0. The van der Waals surface area contributed by atoms with Gasteiger partial charge in [-0.05, 0) is 0 Å². The minimum Gasteiger partial charge on any atom is -0.271 e. The van der Waals surface area contributed by atoms with E-state index in [4.69, 9.17) is 0 Å². The molecule has 40 valence electrons. The van der Waals surface area contributed by atoms with Crippen molar-refractivity contribution in [1.29, 1.82) is 0 Å². The Kier molecular flexibility index (Phi) is 2.52. The van der Waals surface area contributed by atoms with E-state index in [2.05, 4.69) is 10.2 Å². The van der Waals surface area contributed by atoms with Crippen LogP contribution in [0, 0.1) is 0 Å². The van der Waals surface area contributed by atoms with Gasteiger partial charge >= 0.3 is 0 Å². The molecule has 1 amide bonds. The van der Waals surface area contributed by atoms with Crippen LogP contribution >= 0.6 is 12.4 Å². The molecule has 0 aromatic heterocycles. The molecule has 0 N–H and O–H groups in total. The second-order valence-corrected chi connectivity index (χ2v) is 1.11. The molecular weight excluding hydrogens is 115 g/mol. The van der Waals surface area contributed by atoms with Gasteiger partial charge in [0.25, 0.3) is 5.91 Å².